The van der Waals surface area contributed by atoms with Crippen molar-refractivity contribution >= 4 is 27.4 Å². The zero-order valence-corrected chi connectivity index (χ0v) is 25.2. The Labute approximate surface area is 259 Å². The lowest BCUT2D eigenvalue weighted by Gasteiger charge is -2.48. The summed E-state index contributed by atoms with van der Waals surface area (Å²) in [4.78, 5) is 27.3. The Morgan fingerprint density at radius 2 is 1.52 bits per heavy atom. The van der Waals surface area contributed by atoms with Crippen LogP contribution in [0.3, 0.4) is 0 Å². The van der Waals surface area contributed by atoms with Crippen molar-refractivity contribution in [1.29, 1.82) is 0 Å². The Morgan fingerprint density at radius 1 is 0.935 bits per heavy atom. The number of hydrogen-bond donors (Lipinski definition) is 1. The average molecular weight is 683 g/mol. The van der Waals surface area contributed by atoms with Gasteiger partial charge in [-0.15, -0.1) is 0 Å². The van der Waals surface area contributed by atoms with Gasteiger partial charge in [-0.1, -0.05) is 30.3 Å². The molecule has 7 nitrogen and oxygen atoms in total. The van der Waals surface area contributed by atoms with E-state index in [9.17, 15) is 49.5 Å². The van der Waals surface area contributed by atoms with Crippen LogP contribution in [0.4, 0.5) is 40.8 Å². The highest BCUT2D eigenvalue weighted by Crippen LogP contribution is 2.58. The Morgan fingerprint density at radius 3 is 2.04 bits per heavy atom. The molecular formula is C30H30F8N2O5S. The molecule has 2 unspecified atom stereocenters. The highest BCUT2D eigenvalue weighted by molar-refractivity contribution is 7.92. The van der Waals surface area contributed by atoms with Crippen LogP contribution in [0.15, 0.2) is 53.4 Å². The molecule has 2 aromatic rings. The molecule has 1 saturated carbocycles. The third-order valence-electron chi connectivity index (χ3n) is 9.69. The van der Waals surface area contributed by atoms with Gasteiger partial charge in [-0.25, -0.2) is 17.2 Å². The van der Waals surface area contributed by atoms with E-state index in [0.29, 0.717) is 6.07 Å². The number of carbonyl (C=O) groups is 2. The molecule has 0 spiro atoms. The van der Waals surface area contributed by atoms with Gasteiger partial charge in [-0.2, -0.15) is 26.3 Å². The van der Waals surface area contributed by atoms with Crippen molar-refractivity contribution in [2.24, 2.45) is 5.92 Å². The van der Waals surface area contributed by atoms with Crippen molar-refractivity contribution in [3.8, 4) is 0 Å². The summed E-state index contributed by atoms with van der Waals surface area (Å²) in [5.74, 6) is -3.08. The monoisotopic (exact) mass is 682 g/mol. The summed E-state index contributed by atoms with van der Waals surface area (Å²) in [6, 6.07) is 6.81. The summed E-state index contributed by atoms with van der Waals surface area (Å²) in [6.07, 6.45) is -14.4. The number of likely N-dealkylation sites (N-methyl/N-ethyl adjacent to an activating group) is 1. The van der Waals surface area contributed by atoms with E-state index in [0.717, 1.165) is 11.0 Å². The molecule has 1 N–H and O–H groups in total. The molecule has 0 aromatic heterocycles. The van der Waals surface area contributed by atoms with Gasteiger partial charge in [0.05, 0.1) is 16.9 Å². The van der Waals surface area contributed by atoms with Crippen molar-refractivity contribution in [2.75, 3.05) is 24.5 Å². The molecule has 5 rings (SSSR count). The van der Waals surface area contributed by atoms with Crippen LogP contribution in [-0.4, -0.2) is 74.0 Å². The predicted octanol–water partition coefficient (Wildman–Crippen LogP) is 6.07. The van der Waals surface area contributed by atoms with Gasteiger partial charge >= 0.3 is 24.0 Å². The van der Waals surface area contributed by atoms with Gasteiger partial charge in [0.2, 0.25) is 0 Å². The smallest absolute Gasteiger partial charge is 0.435 e. The number of carboxylic acid groups (broad SMARTS) is 1. The molecule has 0 bridgehead atoms. The Hall–Kier alpha value is -3.43. The van der Waals surface area contributed by atoms with Crippen LogP contribution in [0.1, 0.15) is 50.2 Å². The summed E-state index contributed by atoms with van der Waals surface area (Å²) in [7, 11) is -4.61. The van der Waals surface area contributed by atoms with Crippen molar-refractivity contribution in [3.05, 3.63) is 59.7 Å². The second-order valence-corrected chi connectivity index (χ2v) is 14.2. The lowest BCUT2D eigenvalue weighted by atomic mass is 9.78. The third-order valence-corrected chi connectivity index (χ3v) is 12.2. The zero-order chi connectivity index (χ0) is 34.1. The van der Waals surface area contributed by atoms with Gasteiger partial charge in [-0.3, -0.25) is 9.59 Å². The van der Waals surface area contributed by atoms with Crippen molar-refractivity contribution in [2.45, 2.75) is 78.4 Å². The first kappa shape index (κ1) is 33.9. The number of aliphatic carboxylic acids is 1. The maximum absolute atomic E-state index is 16.2. The van der Waals surface area contributed by atoms with Crippen LogP contribution >= 0.6 is 0 Å². The first-order valence-electron chi connectivity index (χ1n) is 14.5. The normalized spacial score (nSPS) is 27.2. The van der Waals surface area contributed by atoms with Gasteiger partial charge < -0.3 is 14.9 Å². The highest BCUT2D eigenvalue weighted by Gasteiger charge is 2.74. The number of nitrogens with zero attached hydrogens (tertiary/aromatic N) is 2. The van der Waals surface area contributed by atoms with Crippen molar-refractivity contribution < 1.29 is 58.2 Å². The maximum Gasteiger partial charge on any atom is 0.435 e. The predicted molar refractivity (Wildman–Crippen MR) is 148 cm³/mol. The summed E-state index contributed by atoms with van der Waals surface area (Å²) in [5.41, 5.74) is -10.7. The van der Waals surface area contributed by atoms with E-state index in [2.05, 4.69) is 0 Å². The third kappa shape index (κ3) is 4.84. The van der Waals surface area contributed by atoms with E-state index >= 15 is 8.78 Å². The fourth-order valence-electron chi connectivity index (χ4n) is 7.19. The lowest BCUT2D eigenvalue weighted by Crippen LogP contribution is -2.61. The molecule has 46 heavy (non-hydrogen) atoms. The van der Waals surface area contributed by atoms with Gasteiger partial charge in [0, 0.05) is 30.9 Å². The topological polar surface area (TPSA) is 95.0 Å². The number of carboxylic acids is 1. The molecule has 2 heterocycles. The molecule has 1 aliphatic carbocycles. The number of likely N-dealkylation sites (tertiary alicyclic amines) is 1. The van der Waals surface area contributed by atoms with E-state index in [1.807, 2.05) is 0 Å². The SMILES string of the molecule is CCN1CC2N(C(=O)[C@]3(F)CC[C@@H](C(=O)O)CC3)CCC2(S(=O)(=O)c2ccccc2)c2ccc(C(F)(C(F)(F)F)C(F)(F)F)cc21. The van der Waals surface area contributed by atoms with E-state index in [-0.39, 0.29) is 42.5 Å². The zero-order valence-electron chi connectivity index (χ0n) is 24.3. The molecular weight excluding hydrogens is 652 g/mol. The number of rotatable bonds is 6. The number of alkyl halides is 8. The summed E-state index contributed by atoms with van der Waals surface area (Å²) in [5, 5.41) is 9.31. The highest BCUT2D eigenvalue weighted by atomic mass is 32.2. The van der Waals surface area contributed by atoms with Crippen LogP contribution in [0, 0.1) is 5.92 Å². The van der Waals surface area contributed by atoms with E-state index in [1.54, 1.807) is 0 Å². The molecule has 3 aliphatic rings. The van der Waals surface area contributed by atoms with Crippen LogP contribution in [0.5, 0.6) is 0 Å². The lowest BCUT2D eigenvalue weighted by molar-refractivity contribution is -0.348. The van der Waals surface area contributed by atoms with Gasteiger partial charge in [0.15, 0.2) is 15.5 Å². The Bertz CT molecular complexity index is 1610. The van der Waals surface area contributed by atoms with Crippen LogP contribution in [-0.2, 0) is 29.8 Å². The summed E-state index contributed by atoms with van der Waals surface area (Å²) < 4.78 is 141. The van der Waals surface area contributed by atoms with Crippen molar-refractivity contribution in [3.63, 3.8) is 0 Å². The first-order valence-corrected chi connectivity index (χ1v) is 16.0. The second-order valence-electron chi connectivity index (χ2n) is 12.0. The number of benzene rings is 2. The molecule has 2 aromatic carbocycles. The van der Waals surface area contributed by atoms with Gasteiger partial charge in [0.25, 0.3) is 5.91 Å². The Kier molecular flexibility index (Phi) is 8.17. The number of anilines is 1. The van der Waals surface area contributed by atoms with Gasteiger partial charge in [0.1, 0.15) is 4.75 Å². The second kappa shape index (κ2) is 11.1. The summed E-state index contributed by atoms with van der Waals surface area (Å²) >= 11 is 0. The molecule has 16 heteroatoms. The standard InChI is InChI=1S/C30H30F8N2O5S/c1-2-39-17-23-27(46(44,45)20-6-4-3-5-7-20,14-15-40(23)25(43)26(31)12-10-18(11-13-26)24(41)42)21-9-8-19(16-22(21)39)28(32,29(33,34)35)30(36,37)38/h3-9,16,18,23H,2,10-15,17H2,1H3,(H,41,42)/t18-,23?,26+,27?. The minimum absolute atomic E-state index is 0.102. The molecule has 2 fully saturated rings. The molecule has 2 atom stereocenters. The van der Waals surface area contributed by atoms with Crippen LogP contribution < -0.4 is 4.90 Å². The summed E-state index contributed by atoms with van der Waals surface area (Å²) in [6.45, 7) is 0.613. The first-order chi connectivity index (χ1) is 21.3. The largest absolute Gasteiger partial charge is 0.481 e. The fourth-order valence-corrected chi connectivity index (χ4v) is 9.50. The quantitative estimate of drug-likeness (QED) is 0.372. The van der Waals surface area contributed by atoms with Crippen molar-refractivity contribution in [1.82, 2.24) is 4.90 Å². The number of hydrogen-bond acceptors (Lipinski definition) is 5. The molecule has 2 aliphatic heterocycles. The molecule has 1 saturated heterocycles. The number of sulfone groups is 1. The molecule has 0 radical (unpaired) electrons. The number of halogens is 8. The number of amides is 1. The molecule has 1 amide bonds. The van der Waals surface area contributed by atoms with Gasteiger partial charge in [-0.05, 0) is 62.8 Å². The number of carbonyl (C=O) groups excluding carboxylic acids is 1. The van der Waals surface area contributed by atoms with E-state index < -0.39 is 99.2 Å². The van der Waals surface area contributed by atoms with Crippen LogP contribution in [0.2, 0.25) is 0 Å². The van der Waals surface area contributed by atoms with Crippen LogP contribution in [0.25, 0.3) is 0 Å². The van der Waals surface area contributed by atoms with E-state index in [4.69, 9.17) is 0 Å². The Balaban J connectivity index is 1.69. The fraction of sp³-hybridized carbons (Fsp3) is 0.533. The average Bonchev–Trinajstić information content (AvgIpc) is 3.40. The minimum Gasteiger partial charge on any atom is -0.481 e. The molecule has 252 valence electrons. The van der Waals surface area contributed by atoms with E-state index in [1.165, 1.54) is 42.2 Å². The maximum atomic E-state index is 16.2. The number of fused-ring (bicyclic) bond motifs is 3. The minimum atomic E-state index is -6.41.